The molecule has 1 aliphatic rings. The molecule has 0 aliphatic carbocycles. The summed E-state index contributed by atoms with van der Waals surface area (Å²) in [5.41, 5.74) is 3.98. The predicted octanol–water partition coefficient (Wildman–Crippen LogP) is 3.45. The van der Waals surface area contributed by atoms with Gasteiger partial charge in [0.2, 0.25) is 0 Å². The van der Waals surface area contributed by atoms with E-state index >= 15 is 0 Å². The van der Waals surface area contributed by atoms with Gasteiger partial charge in [0.05, 0.1) is 13.7 Å². The molecule has 0 spiro atoms. The zero-order chi connectivity index (χ0) is 22.8. The molecule has 0 radical (unpaired) electrons. The SMILES string of the molecule is COc1ccc(-n2c(C)cc(C(=O)CN3C(=O)N[C@H](Cc4ccccc4)C3=O)c2C)cc1. The summed E-state index contributed by atoms with van der Waals surface area (Å²) in [5.74, 6) is 0.0917. The van der Waals surface area contributed by atoms with Crippen LogP contribution in [0.5, 0.6) is 5.75 Å². The van der Waals surface area contributed by atoms with Gasteiger partial charge in [0.1, 0.15) is 11.8 Å². The highest BCUT2D eigenvalue weighted by atomic mass is 16.5. The Bertz CT molecular complexity index is 1170. The van der Waals surface area contributed by atoms with Crippen LogP contribution in [0, 0.1) is 13.8 Å². The van der Waals surface area contributed by atoms with Gasteiger partial charge in [0, 0.05) is 29.1 Å². The molecule has 0 bridgehead atoms. The van der Waals surface area contributed by atoms with Crippen LogP contribution < -0.4 is 10.1 Å². The Hall–Kier alpha value is -3.87. The number of carbonyl (C=O) groups is 3. The van der Waals surface area contributed by atoms with Gasteiger partial charge in [-0.1, -0.05) is 30.3 Å². The second-order valence-corrected chi connectivity index (χ2v) is 7.86. The molecule has 1 aliphatic heterocycles. The average Bonchev–Trinajstić information content (AvgIpc) is 3.24. The standard InChI is InChI=1S/C25H25N3O4/c1-16-13-21(17(2)28(16)19-9-11-20(32-3)12-10-19)23(29)15-27-24(30)22(26-25(27)31)14-18-7-5-4-6-8-18/h4-13,22H,14-15H2,1-3H3,(H,26,31)/t22-/m1/s1. The molecule has 2 heterocycles. The number of urea groups is 1. The first kappa shape index (κ1) is 21.4. The number of benzene rings is 2. The molecule has 3 amide bonds. The van der Waals surface area contributed by atoms with Crippen molar-refractivity contribution in [1.29, 1.82) is 0 Å². The molecular formula is C25H25N3O4. The van der Waals surface area contributed by atoms with Crippen molar-refractivity contribution in [3.05, 3.63) is 83.2 Å². The Labute approximate surface area is 186 Å². The van der Waals surface area contributed by atoms with Gasteiger partial charge in [-0.15, -0.1) is 0 Å². The van der Waals surface area contributed by atoms with Crippen LogP contribution in [0.2, 0.25) is 0 Å². The lowest BCUT2D eigenvalue weighted by Crippen LogP contribution is -2.36. The maximum Gasteiger partial charge on any atom is 0.325 e. The van der Waals surface area contributed by atoms with Gasteiger partial charge in [-0.05, 0) is 49.7 Å². The number of nitrogens with zero attached hydrogens (tertiary/aromatic N) is 2. The molecule has 0 saturated carbocycles. The number of rotatable bonds is 7. The van der Waals surface area contributed by atoms with E-state index in [0.717, 1.165) is 33.3 Å². The minimum atomic E-state index is -0.663. The van der Waals surface area contributed by atoms with Gasteiger partial charge in [-0.25, -0.2) is 4.79 Å². The molecule has 7 nitrogen and oxygen atoms in total. The molecular weight excluding hydrogens is 406 g/mol. The molecule has 7 heteroatoms. The molecule has 2 aromatic carbocycles. The number of methoxy groups -OCH3 is 1. The van der Waals surface area contributed by atoms with Gasteiger partial charge in [-0.2, -0.15) is 0 Å². The topological polar surface area (TPSA) is 80.6 Å². The Morgan fingerprint density at radius 1 is 1.03 bits per heavy atom. The van der Waals surface area contributed by atoms with Crippen molar-refractivity contribution in [3.8, 4) is 11.4 Å². The van der Waals surface area contributed by atoms with Crippen LogP contribution in [-0.2, 0) is 11.2 Å². The van der Waals surface area contributed by atoms with Gasteiger partial charge >= 0.3 is 6.03 Å². The molecule has 164 valence electrons. The van der Waals surface area contributed by atoms with Crippen LogP contribution in [0.15, 0.2) is 60.7 Å². The number of ether oxygens (including phenoxy) is 1. The minimum absolute atomic E-state index is 0.276. The quantitative estimate of drug-likeness (QED) is 0.459. The lowest BCUT2D eigenvalue weighted by Gasteiger charge is -2.13. The number of aryl methyl sites for hydroxylation is 1. The summed E-state index contributed by atoms with van der Waals surface area (Å²) in [6.07, 6.45) is 0.391. The van der Waals surface area contributed by atoms with Gasteiger partial charge < -0.3 is 14.6 Å². The van der Waals surface area contributed by atoms with E-state index in [2.05, 4.69) is 5.32 Å². The Balaban J connectivity index is 1.51. The van der Waals surface area contributed by atoms with E-state index in [-0.39, 0.29) is 18.2 Å². The smallest absolute Gasteiger partial charge is 0.325 e. The van der Waals surface area contributed by atoms with Crippen molar-refractivity contribution < 1.29 is 19.1 Å². The Kier molecular flexibility index (Phi) is 5.81. The van der Waals surface area contributed by atoms with E-state index in [1.54, 1.807) is 13.2 Å². The summed E-state index contributed by atoms with van der Waals surface area (Å²) in [6.45, 7) is 3.48. The lowest BCUT2D eigenvalue weighted by molar-refractivity contribution is -0.127. The zero-order valence-corrected chi connectivity index (χ0v) is 18.3. The van der Waals surface area contributed by atoms with Crippen LogP contribution in [0.4, 0.5) is 4.79 Å². The first-order chi connectivity index (χ1) is 15.4. The highest BCUT2D eigenvalue weighted by Crippen LogP contribution is 2.24. The Morgan fingerprint density at radius 2 is 1.72 bits per heavy atom. The fourth-order valence-corrected chi connectivity index (χ4v) is 4.12. The van der Waals surface area contributed by atoms with E-state index in [4.69, 9.17) is 4.74 Å². The summed E-state index contributed by atoms with van der Waals surface area (Å²) < 4.78 is 7.18. The van der Waals surface area contributed by atoms with Crippen molar-refractivity contribution in [3.63, 3.8) is 0 Å². The van der Waals surface area contributed by atoms with Crippen LogP contribution >= 0.6 is 0 Å². The molecule has 4 rings (SSSR count). The predicted molar refractivity (Wildman–Crippen MR) is 120 cm³/mol. The maximum absolute atomic E-state index is 13.1. The number of aromatic nitrogens is 1. The molecule has 1 saturated heterocycles. The third-order valence-corrected chi connectivity index (χ3v) is 5.75. The summed E-state index contributed by atoms with van der Waals surface area (Å²) in [6, 6.07) is 17.6. The number of carbonyl (C=O) groups excluding carboxylic acids is 3. The van der Waals surface area contributed by atoms with Gasteiger partial charge in [0.25, 0.3) is 5.91 Å². The van der Waals surface area contributed by atoms with Crippen molar-refractivity contribution in [2.45, 2.75) is 26.3 Å². The molecule has 1 fully saturated rings. The third kappa shape index (κ3) is 4.01. The van der Waals surface area contributed by atoms with Crippen LogP contribution in [0.3, 0.4) is 0 Å². The van der Waals surface area contributed by atoms with Crippen molar-refractivity contribution in [2.24, 2.45) is 0 Å². The number of amides is 3. The molecule has 32 heavy (non-hydrogen) atoms. The largest absolute Gasteiger partial charge is 0.497 e. The normalized spacial score (nSPS) is 15.7. The van der Waals surface area contributed by atoms with E-state index in [9.17, 15) is 14.4 Å². The first-order valence-electron chi connectivity index (χ1n) is 10.4. The summed E-state index contributed by atoms with van der Waals surface area (Å²) >= 11 is 0. The number of hydrogen-bond donors (Lipinski definition) is 1. The van der Waals surface area contributed by atoms with Crippen molar-refractivity contribution in [1.82, 2.24) is 14.8 Å². The van der Waals surface area contributed by atoms with Crippen molar-refractivity contribution >= 4 is 17.7 Å². The minimum Gasteiger partial charge on any atom is -0.497 e. The number of nitrogens with one attached hydrogen (secondary N) is 1. The second-order valence-electron chi connectivity index (χ2n) is 7.86. The van der Waals surface area contributed by atoms with Gasteiger partial charge in [0.15, 0.2) is 5.78 Å². The summed E-state index contributed by atoms with van der Waals surface area (Å²) in [7, 11) is 1.61. The van der Waals surface area contributed by atoms with E-state index in [1.807, 2.05) is 73.0 Å². The number of ketones is 1. The summed E-state index contributed by atoms with van der Waals surface area (Å²) in [4.78, 5) is 39.3. The molecule has 1 aromatic heterocycles. The average molecular weight is 431 g/mol. The molecule has 1 atom stereocenters. The van der Waals surface area contributed by atoms with Crippen LogP contribution in [0.25, 0.3) is 5.69 Å². The lowest BCUT2D eigenvalue weighted by atomic mass is 10.1. The highest BCUT2D eigenvalue weighted by Gasteiger charge is 2.39. The Morgan fingerprint density at radius 3 is 2.38 bits per heavy atom. The number of imide groups is 1. The number of hydrogen-bond acceptors (Lipinski definition) is 4. The maximum atomic E-state index is 13.1. The van der Waals surface area contributed by atoms with Crippen LogP contribution in [0.1, 0.15) is 27.3 Å². The fourth-order valence-electron chi connectivity index (χ4n) is 4.12. The third-order valence-electron chi connectivity index (χ3n) is 5.75. The monoisotopic (exact) mass is 431 g/mol. The molecule has 1 N–H and O–H groups in total. The first-order valence-corrected chi connectivity index (χ1v) is 10.4. The fraction of sp³-hybridized carbons (Fsp3) is 0.240. The molecule has 0 unspecified atom stereocenters. The number of Topliss-reactive ketones (excluding diaryl/α,β-unsaturated/α-hetero) is 1. The highest BCUT2D eigenvalue weighted by molar-refractivity contribution is 6.09. The van der Waals surface area contributed by atoms with Crippen LogP contribution in [-0.4, -0.2) is 46.9 Å². The summed E-state index contributed by atoms with van der Waals surface area (Å²) in [5, 5.41) is 2.70. The molecule has 3 aromatic rings. The van der Waals surface area contributed by atoms with Crippen molar-refractivity contribution in [2.75, 3.05) is 13.7 Å². The second kappa shape index (κ2) is 8.70. The van der Waals surface area contributed by atoms with E-state index in [0.29, 0.717) is 12.0 Å². The van der Waals surface area contributed by atoms with E-state index < -0.39 is 12.1 Å². The van der Waals surface area contributed by atoms with Gasteiger partial charge in [-0.3, -0.25) is 14.5 Å². The van der Waals surface area contributed by atoms with E-state index in [1.165, 1.54) is 0 Å². The zero-order valence-electron chi connectivity index (χ0n) is 18.3.